The fourth-order valence-electron chi connectivity index (χ4n) is 2.22. The lowest BCUT2D eigenvalue weighted by atomic mass is 10.2. The minimum absolute atomic E-state index is 0.0391. The number of nitrogens with zero attached hydrogens (tertiary/aromatic N) is 2. The Morgan fingerprint density at radius 3 is 2.88 bits per heavy atom. The van der Waals surface area contributed by atoms with E-state index in [-0.39, 0.29) is 12.5 Å². The number of thioether (sulfide) groups is 1. The van der Waals surface area contributed by atoms with Gasteiger partial charge in [-0.15, -0.1) is 23.1 Å². The lowest BCUT2D eigenvalue weighted by Crippen LogP contribution is -2.26. The fraction of sp³-hybridized carbons (Fsp3) is 0.235. The molecule has 1 aromatic carbocycles. The highest BCUT2D eigenvalue weighted by Crippen LogP contribution is 2.36. The van der Waals surface area contributed by atoms with Gasteiger partial charge in [0.05, 0.1) is 6.61 Å². The summed E-state index contributed by atoms with van der Waals surface area (Å²) in [6, 6.07) is 12.3. The van der Waals surface area contributed by atoms with E-state index in [1.54, 1.807) is 29.4 Å². The molecule has 0 aliphatic heterocycles. The highest BCUT2D eigenvalue weighted by Gasteiger charge is 2.11. The van der Waals surface area contributed by atoms with Crippen molar-refractivity contribution in [3.05, 3.63) is 42.7 Å². The molecule has 3 aromatic rings. The van der Waals surface area contributed by atoms with Crippen molar-refractivity contribution in [1.82, 2.24) is 15.3 Å². The predicted octanol–water partition coefficient (Wildman–Crippen LogP) is 2.95. The Kier molecular flexibility index (Phi) is 5.79. The second-order valence-corrected chi connectivity index (χ2v) is 7.16. The first kappa shape index (κ1) is 16.9. The third-order valence-corrected chi connectivity index (χ3v) is 5.45. The quantitative estimate of drug-likeness (QED) is 0.501. The average molecular weight is 359 g/mol. The van der Waals surface area contributed by atoms with Crippen LogP contribution in [-0.2, 0) is 4.79 Å². The molecular formula is C17H17N3O2S2. The monoisotopic (exact) mass is 359 g/mol. The summed E-state index contributed by atoms with van der Waals surface area (Å²) in [6.07, 6.45) is 1.97. The standard InChI is InChI=1S/C17H17N3O2S2/c21-8-7-18-15(22)6-9-23-16-13-10-14(12-4-2-1-3-5-12)24-17(13)20-11-19-16/h1-5,10-11,21H,6-9H2,(H,18,22). The van der Waals surface area contributed by atoms with Gasteiger partial charge in [0.15, 0.2) is 0 Å². The van der Waals surface area contributed by atoms with E-state index in [1.165, 1.54) is 5.56 Å². The van der Waals surface area contributed by atoms with Crippen molar-refractivity contribution in [2.24, 2.45) is 0 Å². The SMILES string of the molecule is O=C(CCSc1ncnc2sc(-c3ccccc3)cc12)NCCO. The Labute approximate surface area is 148 Å². The molecule has 0 unspecified atom stereocenters. The van der Waals surface area contributed by atoms with Crippen LogP contribution in [0.15, 0.2) is 47.8 Å². The van der Waals surface area contributed by atoms with E-state index in [0.29, 0.717) is 18.7 Å². The summed E-state index contributed by atoms with van der Waals surface area (Å²) in [4.78, 5) is 22.4. The van der Waals surface area contributed by atoms with E-state index >= 15 is 0 Å². The van der Waals surface area contributed by atoms with Crippen molar-refractivity contribution in [2.75, 3.05) is 18.9 Å². The molecule has 2 aromatic heterocycles. The molecule has 0 radical (unpaired) electrons. The van der Waals surface area contributed by atoms with Crippen LogP contribution < -0.4 is 5.32 Å². The van der Waals surface area contributed by atoms with Gasteiger partial charge in [0, 0.05) is 29.0 Å². The number of carbonyl (C=O) groups is 1. The third kappa shape index (κ3) is 4.11. The van der Waals surface area contributed by atoms with E-state index in [1.807, 2.05) is 18.2 Å². The molecule has 0 aliphatic rings. The van der Waals surface area contributed by atoms with Crippen molar-refractivity contribution in [3.8, 4) is 10.4 Å². The first-order chi connectivity index (χ1) is 11.8. The molecule has 24 heavy (non-hydrogen) atoms. The first-order valence-corrected chi connectivity index (χ1v) is 9.38. The summed E-state index contributed by atoms with van der Waals surface area (Å²) in [5.74, 6) is 0.581. The minimum Gasteiger partial charge on any atom is -0.395 e. The van der Waals surface area contributed by atoms with Gasteiger partial charge < -0.3 is 10.4 Å². The van der Waals surface area contributed by atoms with Gasteiger partial charge in [-0.05, 0) is 11.6 Å². The van der Waals surface area contributed by atoms with Gasteiger partial charge >= 0.3 is 0 Å². The molecule has 2 heterocycles. The second-order valence-electron chi connectivity index (χ2n) is 5.05. The summed E-state index contributed by atoms with van der Waals surface area (Å²) in [7, 11) is 0. The van der Waals surface area contributed by atoms with Crippen LogP contribution in [-0.4, -0.2) is 39.9 Å². The summed E-state index contributed by atoms with van der Waals surface area (Å²) in [5.41, 5.74) is 1.17. The summed E-state index contributed by atoms with van der Waals surface area (Å²) in [5, 5.41) is 13.3. The lowest BCUT2D eigenvalue weighted by Gasteiger charge is -2.03. The smallest absolute Gasteiger partial charge is 0.220 e. The van der Waals surface area contributed by atoms with Crippen LogP contribution in [0.5, 0.6) is 0 Å². The zero-order chi connectivity index (χ0) is 16.8. The molecule has 0 spiro atoms. The normalized spacial score (nSPS) is 10.9. The van der Waals surface area contributed by atoms with Crippen LogP contribution in [0.25, 0.3) is 20.7 Å². The fourth-order valence-corrected chi connectivity index (χ4v) is 4.20. The van der Waals surface area contributed by atoms with Crippen LogP contribution >= 0.6 is 23.1 Å². The van der Waals surface area contributed by atoms with E-state index in [4.69, 9.17) is 5.11 Å². The molecule has 1 amide bonds. The van der Waals surface area contributed by atoms with Gasteiger partial charge in [-0.1, -0.05) is 30.3 Å². The lowest BCUT2D eigenvalue weighted by molar-refractivity contribution is -0.120. The number of hydrogen-bond donors (Lipinski definition) is 2. The maximum Gasteiger partial charge on any atom is 0.220 e. The molecule has 3 rings (SSSR count). The Bertz CT molecular complexity index is 821. The second kappa shape index (κ2) is 8.23. The van der Waals surface area contributed by atoms with Crippen LogP contribution in [0.1, 0.15) is 6.42 Å². The molecule has 124 valence electrons. The number of benzene rings is 1. The molecule has 0 aliphatic carbocycles. The number of carbonyl (C=O) groups excluding carboxylic acids is 1. The number of thiophene rings is 1. The summed E-state index contributed by atoms with van der Waals surface area (Å²) >= 11 is 3.20. The molecule has 0 saturated carbocycles. The van der Waals surface area contributed by atoms with E-state index in [0.717, 1.165) is 20.1 Å². The molecule has 0 atom stereocenters. The maximum atomic E-state index is 11.6. The largest absolute Gasteiger partial charge is 0.395 e. The van der Waals surface area contributed by atoms with E-state index < -0.39 is 0 Å². The number of hydrogen-bond acceptors (Lipinski definition) is 6. The number of fused-ring (bicyclic) bond motifs is 1. The minimum atomic E-state index is -0.0582. The van der Waals surface area contributed by atoms with Gasteiger partial charge in [-0.2, -0.15) is 0 Å². The number of aliphatic hydroxyl groups is 1. The number of aliphatic hydroxyl groups excluding tert-OH is 1. The molecule has 0 saturated heterocycles. The van der Waals surface area contributed by atoms with Crippen molar-refractivity contribution in [1.29, 1.82) is 0 Å². The zero-order valence-electron chi connectivity index (χ0n) is 12.9. The van der Waals surface area contributed by atoms with Crippen LogP contribution in [0.3, 0.4) is 0 Å². The summed E-state index contributed by atoms with van der Waals surface area (Å²) in [6.45, 7) is 0.259. The van der Waals surface area contributed by atoms with Gasteiger partial charge in [0.1, 0.15) is 16.2 Å². The Balaban J connectivity index is 1.72. The highest BCUT2D eigenvalue weighted by atomic mass is 32.2. The van der Waals surface area contributed by atoms with E-state index in [9.17, 15) is 4.79 Å². The zero-order valence-corrected chi connectivity index (χ0v) is 14.6. The predicted molar refractivity (Wildman–Crippen MR) is 98.3 cm³/mol. The number of rotatable bonds is 7. The van der Waals surface area contributed by atoms with Gasteiger partial charge in [-0.3, -0.25) is 4.79 Å². The maximum absolute atomic E-state index is 11.6. The average Bonchev–Trinajstić information content (AvgIpc) is 3.06. The molecule has 7 heteroatoms. The molecular weight excluding hydrogens is 342 g/mol. The topological polar surface area (TPSA) is 75.1 Å². The van der Waals surface area contributed by atoms with Crippen LogP contribution in [0.4, 0.5) is 0 Å². The molecule has 5 nitrogen and oxygen atoms in total. The van der Waals surface area contributed by atoms with Crippen molar-refractivity contribution in [2.45, 2.75) is 11.4 Å². The van der Waals surface area contributed by atoms with Crippen molar-refractivity contribution < 1.29 is 9.90 Å². The van der Waals surface area contributed by atoms with Gasteiger partial charge in [0.2, 0.25) is 5.91 Å². The number of amides is 1. The van der Waals surface area contributed by atoms with Crippen molar-refractivity contribution in [3.63, 3.8) is 0 Å². The Hall–Kier alpha value is -1.96. The molecule has 0 bridgehead atoms. The van der Waals surface area contributed by atoms with Gasteiger partial charge in [0.25, 0.3) is 0 Å². The van der Waals surface area contributed by atoms with Gasteiger partial charge in [-0.25, -0.2) is 9.97 Å². The number of nitrogens with one attached hydrogen (secondary N) is 1. The van der Waals surface area contributed by atoms with Crippen LogP contribution in [0.2, 0.25) is 0 Å². The Morgan fingerprint density at radius 2 is 2.08 bits per heavy atom. The highest BCUT2D eigenvalue weighted by molar-refractivity contribution is 7.99. The van der Waals surface area contributed by atoms with Crippen LogP contribution in [0, 0.1) is 0 Å². The summed E-state index contributed by atoms with van der Waals surface area (Å²) < 4.78 is 0. The number of aromatic nitrogens is 2. The first-order valence-electron chi connectivity index (χ1n) is 7.58. The molecule has 0 fully saturated rings. The van der Waals surface area contributed by atoms with Crippen molar-refractivity contribution >= 4 is 39.2 Å². The Morgan fingerprint density at radius 1 is 1.25 bits per heavy atom. The van der Waals surface area contributed by atoms with E-state index in [2.05, 4.69) is 33.5 Å². The molecule has 2 N–H and O–H groups in total. The third-order valence-electron chi connectivity index (χ3n) is 3.35.